The van der Waals surface area contributed by atoms with Gasteiger partial charge in [-0.1, -0.05) is 25.2 Å². The molecule has 2 aromatic rings. The van der Waals surface area contributed by atoms with Gasteiger partial charge in [0.25, 0.3) is 10.0 Å². The van der Waals surface area contributed by atoms with Crippen LogP contribution in [-0.2, 0) is 10.0 Å². The van der Waals surface area contributed by atoms with E-state index in [1.165, 1.54) is 18.4 Å². The Morgan fingerprint density at radius 3 is 2.41 bits per heavy atom. The largest absolute Gasteiger partial charge is 0.495 e. The number of ether oxygens (including phenoxy) is 1. The normalized spacial score (nSPS) is 11.7. The van der Waals surface area contributed by atoms with Crippen molar-refractivity contribution >= 4 is 26.5 Å². The predicted molar refractivity (Wildman–Crippen MR) is 87.3 cm³/mol. The molecule has 0 amide bonds. The molecule has 2 rings (SSSR count). The molecule has 8 heteroatoms. The van der Waals surface area contributed by atoms with Crippen LogP contribution in [0.1, 0.15) is 35.9 Å². The van der Waals surface area contributed by atoms with Crippen LogP contribution in [0.4, 0.5) is 5.13 Å². The van der Waals surface area contributed by atoms with E-state index in [1.807, 2.05) is 20.8 Å². The van der Waals surface area contributed by atoms with E-state index in [2.05, 4.69) is 14.9 Å². The molecule has 0 bridgehead atoms. The van der Waals surface area contributed by atoms with Crippen molar-refractivity contribution in [2.75, 3.05) is 11.8 Å². The molecule has 0 aliphatic carbocycles. The van der Waals surface area contributed by atoms with Crippen molar-refractivity contribution in [3.05, 3.63) is 28.3 Å². The number of methoxy groups -OCH3 is 1. The standard InChI is InChI=1S/C14H19N3O3S2/c1-8(2)11-7-13(12(20-5)6-9(11)3)22(18,19)17-14-16-15-10(4)21-14/h6-8H,1-5H3,(H,16,17). The fraction of sp³-hybridized carbons (Fsp3) is 0.429. The first-order chi connectivity index (χ1) is 10.2. The predicted octanol–water partition coefficient (Wildman–Crippen LogP) is 3.09. The van der Waals surface area contributed by atoms with E-state index in [1.54, 1.807) is 19.1 Å². The van der Waals surface area contributed by atoms with Gasteiger partial charge in [0.2, 0.25) is 5.13 Å². The summed E-state index contributed by atoms with van der Waals surface area (Å²) < 4.78 is 32.9. The summed E-state index contributed by atoms with van der Waals surface area (Å²) in [4.78, 5) is 0.108. The van der Waals surface area contributed by atoms with Crippen LogP contribution < -0.4 is 9.46 Å². The van der Waals surface area contributed by atoms with E-state index in [-0.39, 0.29) is 15.9 Å². The number of anilines is 1. The van der Waals surface area contributed by atoms with Crippen LogP contribution in [0.15, 0.2) is 17.0 Å². The van der Waals surface area contributed by atoms with Crippen LogP contribution in [-0.4, -0.2) is 25.7 Å². The molecule has 1 heterocycles. The Morgan fingerprint density at radius 2 is 1.91 bits per heavy atom. The first kappa shape index (κ1) is 16.7. The van der Waals surface area contributed by atoms with Gasteiger partial charge in [0.1, 0.15) is 15.7 Å². The maximum atomic E-state index is 12.6. The summed E-state index contributed by atoms with van der Waals surface area (Å²) in [5.41, 5.74) is 1.96. The van der Waals surface area contributed by atoms with Gasteiger partial charge < -0.3 is 4.74 Å². The molecule has 0 radical (unpaired) electrons. The van der Waals surface area contributed by atoms with Crippen molar-refractivity contribution in [2.45, 2.75) is 38.5 Å². The molecule has 0 spiro atoms. The lowest BCUT2D eigenvalue weighted by atomic mass is 9.98. The molecule has 0 aliphatic heterocycles. The number of benzene rings is 1. The summed E-state index contributed by atoms with van der Waals surface area (Å²) in [5, 5.41) is 8.53. The average molecular weight is 341 g/mol. The van der Waals surface area contributed by atoms with Gasteiger partial charge in [-0.3, -0.25) is 4.72 Å². The third-order valence-electron chi connectivity index (χ3n) is 3.21. The lowest BCUT2D eigenvalue weighted by molar-refractivity contribution is 0.402. The summed E-state index contributed by atoms with van der Waals surface area (Å²) in [6, 6.07) is 3.41. The topological polar surface area (TPSA) is 81.2 Å². The Bertz CT molecular complexity index is 783. The van der Waals surface area contributed by atoms with Gasteiger partial charge >= 0.3 is 0 Å². The molecule has 120 valence electrons. The molecule has 0 fully saturated rings. The first-order valence-corrected chi connectivity index (χ1v) is 9.06. The lowest BCUT2D eigenvalue weighted by Gasteiger charge is -2.16. The second kappa shape index (κ2) is 6.21. The highest BCUT2D eigenvalue weighted by molar-refractivity contribution is 7.93. The van der Waals surface area contributed by atoms with Crippen LogP contribution in [0.5, 0.6) is 5.75 Å². The Kier molecular flexibility index (Phi) is 4.72. The van der Waals surface area contributed by atoms with Crippen LogP contribution in [0.3, 0.4) is 0 Å². The summed E-state index contributed by atoms with van der Waals surface area (Å²) in [6.45, 7) is 7.74. The van der Waals surface area contributed by atoms with Crippen molar-refractivity contribution in [3.63, 3.8) is 0 Å². The monoisotopic (exact) mass is 341 g/mol. The van der Waals surface area contributed by atoms with E-state index >= 15 is 0 Å². The Hall–Kier alpha value is -1.67. The molecule has 0 atom stereocenters. The molecule has 0 aliphatic rings. The van der Waals surface area contributed by atoms with Crippen molar-refractivity contribution in [1.82, 2.24) is 10.2 Å². The van der Waals surface area contributed by atoms with Gasteiger partial charge in [0.15, 0.2) is 0 Å². The number of rotatable bonds is 5. The third kappa shape index (κ3) is 3.38. The minimum Gasteiger partial charge on any atom is -0.495 e. The molecule has 1 aromatic heterocycles. The highest BCUT2D eigenvalue weighted by atomic mass is 32.2. The van der Waals surface area contributed by atoms with Gasteiger partial charge in [-0.15, -0.1) is 10.2 Å². The molecule has 22 heavy (non-hydrogen) atoms. The van der Waals surface area contributed by atoms with Gasteiger partial charge in [0.05, 0.1) is 7.11 Å². The Morgan fingerprint density at radius 1 is 1.23 bits per heavy atom. The van der Waals surface area contributed by atoms with Crippen LogP contribution >= 0.6 is 11.3 Å². The number of aryl methyl sites for hydroxylation is 2. The molecule has 0 saturated heterocycles. The zero-order chi connectivity index (χ0) is 16.5. The van der Waals surface area contributed by atoms with Crippen LogP contribution in [0.2, 0.25) is 0 Å². The summed E-state index contributed by atoms with van der Waals surface area (Å²) in [6.07, 6.45) is 0. The minimum atomic E-state index is -3.78. The van der Waals surface area contributed by atoms with Crippen molar-refractivity contribution in [1.29, 1.82) is 0 Å². The molecule has 1 aromatic carbocycles. The number of nitrogens with one attached hydrogen (secondary N) is 1. The highest BCUT2D eigenvalue weighted by Crippen LogP contribution is 2.32. The average Bonchev–Trinajstić information content (AvgIpc) is 2.82. The zero-order valence-corrected chi connectivity index (χ0v) is 14.8. The van der Waals surface area contributed by atoms with Gasteiger partial charge in [-0.25, -0.2) is 8.42 Å². The van der Waals surface area contributed by atoms with Crippen LogP contribution in [0, 0.1) is 13.8 Å². The van der Waals surface area contributed by atoms with E-state index in [9.17, 15) is 8.42 Å². The van der Waals surface area contributed by atoms with Gasteiger partial charge in [-0.2, -0.15) is 0 Å². The minimum absolute atomic E-state index is 0.108. The third-order valence-corrected chi connectivity index (χ3v) is 5.46. The fourth-order valence-electron chi connectivity index (χ4n) is 2.18. The maximum absolute atomic E-state index is 12.6. The molecule has 1 N–H and O–H groups in total. The van der Waals surface area contributed by atoms with Gasteiger partial charge in [0, 0.05) is 0 Å². The molecular weight excluding hydrogens is 322 g/mol. The molecule has 0 unspecified atom stereocenters. The maximum Gasteiger partial charge on any atom is 0.267 e. The molecule has 0 saturated carbocycles. The highest BCUT2D eigenvalue weighted by Gasteiger charge is 2.23. The smallest absolute Gasteiger partial charge is 0.267 e. The van der Waals surface area contributed by atoms with Crippen LogP contribution in [0.25, 0.3) is 0 Å². The number of hydrogen-bond acceptors (Lipinski definition) is 6. The van der Waals surface area contributed by atoms with Crippen molar-refractivity contribution in [3.8, 4) is 5.75 Å². The Labute approximate surface area is 134 Å². The van der Waals surface area contributed by atoms with Gasteiger partial charge in [-0.05, 0) is 43.0 Å². The quantitative estimate of drug-likeness (QED) is 0.904. The summed E-state index contributed by atoms with van der Waals surface area (Å²) in [7, 11) is -2.33. The SMILES string of the molecule is COc1cc(C)c(C(C)C)cc1S(=O)(=O)Nc1nnc(C)s1. The molecule has 6 nitrogen and oxygen atoms in total. The second-order valence-electron chi connectivity index (χ2n) is 5.25. The number of aromatic nitrogens is 2. The summed E-state index contributed by atoms with van der Waals surface area (Å²) >= 11 is 1.18. The number of hydrogen-bond donors (Lipinski definition) is 1. The molecular formula is C14H19N3O3S2. The van der Waals surface area contributed by atoms with Crippen molar-refractivity contribution < 1.29 is 13.2 Å². The lowest BCUT2D eigenvalue weighted by Crippen LogP contribution is -2.15. The Balaban J connectivity index is 2.51. The first-order valence-electron chi connectivity index (χ1n) is 6.76. The number of sulfonamides is 1. The van der Waals surface area contributed by atoms with E-state index < -0.39 is 10.0 Å². The zero-order valence-electron chi connectivity index (χ0n) is 13.2. The fourth-order valence-corrected chi connectivity index (χ4v) is 4.19. The van der Waals surface area contributed by atoms with E-state index in [0.29, 0.717) is 10.8 Å². The summed E-state index contributed by atoms with van der Waals surface area (Å²) in [5.74, 6) is 0.527. The second-order valence-corrected chi connectivity index (χ2v) is 8.08. The number of nitrogens with zero attached hydrogens (tertiary/aromatic N) is 2. The van der Waals surface area contributed by atoms with Crippen molar-refractivity contribution in [2.24, 2.45) is 0 Å². The van der Waals surface area contributed by atoms with E-state index in [0.717, 1.165) is 11.1 Å². The van der Waals surface area contributed by atoms with E-state index in [4.69, 9.17) is 4.74 Å².